The highest BCUT2D eigenvalue weighted by Crippen LogP contribution is 2.51. The Morgan fingerprint density at radius 3 is 2.68 bits per heavy atom. The average molecular weight is 269 g/mol. The second kappa shape index (κ2) is 4.27. The minimum atomic E-state index is -0.950. The van der Waals surface area contributed by atoms with Crippen molar-refractivity contribution in [1.82, 2.24) is 0 Å². The number of hydrogen-bond acceptors (Lipinski definition) is 4. The smallest absolute Gasteiger partial charge is 0.185 e. The lowest BCUT2D eigenvalue weighted by molar-refractivity contribution is -0.0824. The van der Waals surface area contributed by atoms with Gasteiger partial charge in [0.15, 0.2) is 12.2 Å². The summed E-state index contributed by atoms with van der Waals surface area (Å²) in [6, 6.07) is 0. The van der Waals surface area contributed by atoms with Crippen molar-refractivity contribution in [2.75, 3.05) is 7.11 Å². The summed E-state index contributed by atoms with van der Waals surface area (Å²) in [5.41, 5.74) is 11.1. The van der Waals surface area contributed by atoms with Crippen LogP contribution in [0.3, 0.4) is 0 Å². The zero-order chi connectivity index (χ0) is 13.8. The Bertz CT molecular complexity index is 394. The van der Waals surface area contributed by atoms with E-state index >= 15 is 0 Å². The molecule has 0 spiro atoms. The molecule has 1 heterocycles. The number of hydrogen-bond donors (Lipinski definition) is 2. The average Bonchev–Trinajstić information content (AvgIpc) is 3.13. The summed E-state index contributed by atoms with van der Waals surface area (Å²) in [6.45, 7) is 2.04. The quantitative estimate of drug-likeness (QED) is 0.423. The maximum atomic E-state index is 8.38. The van der Waals surface area contributed by atoms with Gasteiger partial charge in [0, 0.05) is 13.0 Å². The molecule has 0 aromatic rings. The molecule has 2 aliphatic carbocycles. The first-order chi connectivity index (χ1) is 8.91. The van der Waals surface area contributed by atoms with Crippen molar-refractivity contribution >= 4 is 0 Å². The minimum absolute atomic E-state index is 0.0611. The highest BCUT2D eigenvalue weighted by Gasteiger charge is 2.65. The molecule has 1 aliphatic heterocycles. The van der Waals surface area contributed by atoms with Crippen LogP contribution in [0.2, 0.25) is 0 Å². The van der Waals surface area contributed by atoms with E-state index < -0.39 is 11.1 Å². The first kappa shape index (κ1) is 13.5. The molecule has 108 valence electrons. The molecule has 6 N–H and O–H groups in total. The third kappa shape index (κ3) is 1.80. The molecule has 19 heavy (non-hydrogen) atoms. The molecule has 5 nitrogen and oxygen atoms in total. The molecule has 0 unspecified atom stereocenters. The summed E-state index contributed by atoms with van der Waals surface area (Å²) >= 11 is 0. The van der Waals surface area contributed by atoms with E-state index in [9.17, 15) is 0 Å². The van der Waals surface area contributed by atoms with Crippen LogP contribution in [0.1, 0.15) is 26.2 Å². The van der Waals surface area contributed by atoms with Crippen molar-refractivity contribution in [2.45, 2.75) is 56.3 Å². The van der Waals surface area contributed by atoms with E-state index in [0.29, 0.717) is 5.92 Å². The van der Waals surface area contributed by atoms with E-state index in [1.54, 1.807) is 7.11 Å². The summed E-state index contributed by atoms with van der Waals surface area (Å²) in [4.78, 5) is 0. The fourth-order valence-corrected chi connectivity index (χ4v) is 3.69. The first-order valence-corrected chi connectivity index (χ1v) is 7.06. The Labute approximate surface area is 113 Å². The van der Waals surface area contributed by atoms with E-state index in [2.05, 4.69) is 0 Å². The van der Waals surface area contributed by atoms with Gasteiger partial charge >= 0.3 is 0 Å². The van der Waals surface area contributed by atoms with Crippen LogP contribution < -0.4 is 11.5 Å². The lowest BCUT2D eigenvalue weighted by Crippen LogP contribution is -2.68. The van der Waals surface area contributed by atoms with E-state index in [1.165, 1.54) is 0 Å². The fourth-order valence-electron chi connectivity index (χ4n) is 3.69. The van der Waals surface area contributed by atoms with Gasteiger partial charge in [0.05, 0.1) is 17.2 Å². The third-order valence-electron chi connectivity index (χ3n) is 5.29. The normalized spacial score (nSPS) is 46.1. The molecule has 0 radical (unpaired) electrons. The van der Waals surface area contributed by atoms with E-state index in [1.807, 2.05) is 19.1 Å². The van der Waals surface area contributed by atoms with Gasteiger partial charge in [-0.2, -0.15) is 0 Å². The van der Waals surface area contributed by atoms with Gasteiger partial charge in [-0.3, -0.25) is 0 Å². The predicted molar refractivity (Wildman–Crippen MR) is 72.6 cm³/mol. The van der Waals surface area contributed by atoms with Gasteiger partial charge in [0.1, 0.15) is 6.10 Å². The number of fused-ring (bicyclic) bond motifs is 1. The molecule has 1 saturated carbocycles. The van der Waals surface area contributed by atoms with Crippen LogP contribution in [-0.4, -0.2) is 42.3 Å². The monoisotopic (exact) mass is 269 g/mol. The molecule has 5 atom stereocenters. The highest BCUT2D eigenvalue weighted by molar-refractivity contribution is 5.24. The maximum Gasteiger partial charge on any atom is 0.185 e. The van der Waals surface area contributed by atoms with E-state index in [0.717, 1.165) is 19.3 Å². The van der Waals surface area contributed by atoms with E-state index in [-0.39, 0.29) is 24.4 Å². The molecule has 0 aromatic heterocycles. The van der Waals surface area contributed by atoms with Crippen LogP contribution in [-0.2, 0) is 9.47 Å². The number of rotatable bonds is 3. The SMILES string of the molecule is CO[C@H]1[C@@H]([C@@H]([OH2+])C2CC2)O[C@@H]2CC=CC(N)(N)[C@]21C. The molecular weight excluding hydrogens is 244 g/mol. The van der Waals surface area contributed by atoms with Gasteiger partial charge < -0.3 is 26.0 Å². The van der Waals surface area contributed by atoms with Crippen LogP contribution in [0.5, 0.6) is 0 Å². The standard InChI is InChI=1S/C14H24N2O3/c1-13-9(4-3-7-14(13,15)16)19-11(12(13)18-2)10(17)8-5-6-8/h3,7-12,17H,4-6,15-16H2,1-2H3/p+1/t9-,10+,11-,12+,13-/m1/s1. The summed E-state index contributed by atoms with van der Waals surface area (Å²) in [5.74, 6) is 0.448. The lowest BCUT2D eigenvalue weighted by atomic mass is 9.65. The van der Waals surface area contributed by atoms with Crippen molar-refractivity contribution < 1.29 is 14.6 Å². The number of ether oxygens (including phenoxy) is 2. The highest BCUT2D eigenvalue weighted by atomic mass is 16.6. The van der Waals surface area contributed by atoms with Gasteiger partial charge in [0.2, 0.25) is 0 Å². The molecule has 0 amide bonds. The second-order valence-corrected chi connectivity index (χ2v) is 6.46. The minimum Gasteiger partial charge on any atom is -0.441 e. The Balaban J connectivity index is 1.93. The molecule has 3 aliphatic rings. The van der Waals surface area contributed by atoms with Crippen molar-refractivity contribution in [3.63, 3.8) is 0 Å². The molecule has 2 fully saturated rings. The summed E-state index contributed by atoms with van der Waals surface area (Å²) in [7, 11) is 1.67. The zero-order valence-corrected chi connectivity index (χ0v) is 11.6. The summed E-state index contributed by atoms with van der Waals surface area (Å²) in [6.07, 6.45) is 6.15. The summed E-state index contributed by atoms with van der Waals surface area (Å²) in [5, 5.41) is 8.38. The first-order valence-electron chi connectivity index (χ1n) is 7.06. The molecular formula is C14H25N2O3+. The maximum absolute atomic E-state index is 8.38. The van der Waals surface area contributed by atoms with Crippen LogP contribution >= 0.6 is 0 Å². The topological polar surface area (TPSA) is 93.4 Å². The van der Waals surface area contributed by atoms with Gasteiger partial charge in [-0.05, 0) is 19.3 Å². The molecule has 5 heteroatoms. The van der Waals surface area contributed by atoms with Gasteiger partial charge in [-0.15, -0.1) is 0 Å². The van der Waals surface area contributed by atoms with E-state index in [4.69, 9.17) is 26.0 Å². The third-order valence-corrected chi connectivity index (χ3v) is 5.29. The predicted octanol–water partition coefficient (Wildman–Crippen LogP) is -0.148. The Morgan fingerprint density at radius 1 is 1.42 bits per heavy atom. The number of methoxy groups -OCH3 is 1. The number of nitrogens with two attached hydrogens (primary N) is 2. The molecule has 3 rings (SSSR count). The fraction of sp³-hybridized carbons (Fsp3) is 0.857. The van der Waals surface area contributed by atoms with Crippen LogP contribution in [0.15, 0.2) is 12.2 Å². The van der Waals surface area contributed by atoms with Crippen molar-refractivity contribution in [1.29, 1.82) is 0 Å². The van der Waals surface area contributed by atoms with Gasteiger partial charge in [0.25, 0.3) is 0 Å². The van der Waals surface area contributed by atoms with Crippen LogP contribution in [0, 0.1) is 11.3 Å². The van der Waals surface area contributed by atoms with Crippen molar-refractivity contribution in [2.24, 2.45) is 22.8 Å². The molecule has 1 saturated heterocycles. The largest absolute Gasteiger partial charge is 0.441 e. The second-order valence-electron chi connectivity index (χ2n) is 6.46. The van der Waals surface area contributed by atoms with Gasteiger partial charge in [-0.25, -0.2) is 0 Å². The van der Waals surface area contributed by atoms with Crippen LogP contribution in [0.4, 0.5) is 0 Å². The molecule has 0 bridgehead atoms. The van der Waals surface area contributed by atoms with Crippen molar-refractivity contribution in [3.05, 3.63) is 12.2 Å². The lowest BCUT2D eigenvalue weighted by Gasteiger charge is -2.47. The Morgan fingerprint density at radius 2 is 2.11 bits per heavy atom. The van der Waals surface area contributed by atoms with Crippen molar-refractivity contribution in [3.8, 4) is 0 Å². The Hall–Kier alpha value is -0.460. The Kier molecular flexibility index (Phi) is 3.04. The van der Waals surface area contributed by atoms with Gasteiger partial charge in [-0.1, -0.05) is 19.1 Å². The zero-order valence-electron chi connectivity index (χ0n) is 11.6. The van der Waals surface area contributed by atoms with Crippen LogP contribution in [0.25, 0.3) is 0 Å². The summed E-state index contributed by atoms with van der Waals surface area (Å²) < 4.78 is 11.8. The molecule has 0 aromatic carbocycles.